The fraction of sp³-hybridized carbons (Fsp3) is 0.886. The van der Waals surface area contributed by atoms with Crippen LogP contribution in [0.25, 0.3) is 0 Å². The number of esters is 1. The van der Waals surface area contributed by atoms with Gasteiger partial charge in [-0.3, -0.25) is 9.59 Å². The van der Waals surface area contributed by atoms with E-state index in [9.17, 15) is 19.8 Å². The Morgan fingerprint density at radius 3 is 1.03 bits per heavy atom. The Kier molecular flexibility index (Phi) is 63.9. The molecule has 0 spiro atoms. The van der Waals surface area contributed by atoms with Crippen LogP contribution >= 0.6 is 0 Å². The SMILES string of the molecule is CCCCCC/C=C\CCCCCCCC(=O)OCCCCCCCCCCC/C=C\C/C=C\CCCCCCCCCCCC(=O)NC(CO)C(O)CCCCCCCCCCCCCCCCCCCCCCC. The third-order valence-electron chi connectivity index (χ3n) is 15.9. The van der Waals surface area contributed by atoms with Gasteiger partial charge in [-0.2, -0.15) is 0 Å². The molecule has 0 saturated heterocycles. The van der Waals surface area contributed by atoms with Gasteiger partial charge < -0.3 is 20.3 Å². The normalized spacial score (nSPS) is 12.7. The predicted molar refractivity (Wildman–Crippen MR) is 333 cm³/mol. The molecule has 6 heteroatoms. The lowest BCUT2D eigenvalue weighted by atomic mass is 10.0. The van der Waals surface area contributed by atoms with E-state index >= 15 is 0 Å². The monoisotopic (exact) mass is 1070 g/mol. The van der Waals surface area contributed by atoms with Crippen molar-refractivity contribution in [2.45, 2.75) is 386 Å². The molecular weight excluding hydrogens is 935 g/mol. The second-order valence-corrected chi connectivity index (χ2v) is 23.5. The van der Waals surface area contributed by atoms with Gasteiger partial charge in [0.25, 0.3) is 0 Å². The van der Waals surface area contributed by atoms with E-state index in [2.05, 4.69) is 55.6 Å². The smallest absolute Gasteiger partial charge is 0.305 e. The number of ether oxygens (including phenoxy) is 1. The minimum absolute atomic E-state index is 0.000128. The quantitative estimate of drug-likeness (QED) is 0.0320. The maximum atomic E-state index is 12.5. The molecule has 0 fully saturated rings. The highest BCUT2D eigenvalue weighted by molar-refractivity contribution is 5.76. The summed E-state index contributed by atoms with van der Waals surface area (Å²) in [5.74, 6) is -0.0375. The van der Waals surface area contributed by atoms with Crippen LogP contribution in [0, 0.1) is 0 Å². The number of nitrogens with one attached hydrogen (secondary N) is 1. The van der Waals surface area contributed by atoms with Crippen LogP contribution in [-0.4, -0.2) is 47.4 Å². The number of carbonyl (C=O) groups excluding carboxylic acids is 2. The number of unbranched alkanes of at least 4 members (excludes halogenated alkanes) is 47. The highest BCUT2D eigenvalue weighted by Gasteiger charge is 2.20. The van der Waals surface area contributed by atoms with Crippen LogP contribution < -0.4 is 5.32 Å². The molecular formula is C70H133NO5. The topological polar surface area (TPSA) is 95.9 Å². The molecule has 3 N–H and O–H groups in total. The fourth-order valence-corrected chi connectivity index (χ4v) is 10.7. The third-order valence-corrected chi connectivity index (χ3v) is 15.9. The second kappa shape index (κ2) is 65.6. The Hall–Kier alpha value is -1.92. The molecule has 0 bridgehead atoms. The zero-order chi connectivity index (χ0) is 55.0. The number of hydrogen-bond donors (Lipinski definition) is 3. The van der Waals surface area contributed by atoms with Crippen molar-refractivity contribution in [3.05, 3.63) is 36.5 Å². The summed E-state index contributed by atoms with van der Waals surface area (Å²) in [5.41, 5.74) is 0. The first-order valence-electron chi connectivity index (χ1n) is 34.2. The van der Waals surface area contributed by atoms with Gasteiger partial charge >= 0.3 is 5.97 Å². The third kappa shape index (κ3) is 61.3. The largest absolute Gasteiger partial charge is 0.466 e. The number of rotatable bonds is 64. The lowest BCUT2D eigenvalue weighted by molar-refractivity contribution is -0.143. The first-order chi connectivity index (χ1) is 37.5. The average Bonchev–Trinajstić information content (AvgIpc) is 3.42. The highest BCUT2D eigenvalue weighted by Crippen LogP contribution is 2.18. The summed E-state index contributed by atoms with van der Waals surface area (Å²) < 4.78 is 5.47. The van der Waals surface area contributed by atoms with Gasteiger partial charge in [0.15, 0.2) is 0 Å². The van der Waals surface area contributed by atoms with Crippen molar-refractivity contribution in [2.24, 2.45) is 0 Å². The van der Waals surface area contributed by atoms with Gasteiger partial charge in [0.05, 0.1) is 25.4 Å². The minimum atomic E-state index is -0.670. The van der Waals surface area contributed by atoms with Gasteiger partial charge in [0.1, 0.15) is 0 Å². The molecule has 0 aliphatic carbocycles. The Labute approximate surface area is 474 Å². The number of aliphatic hydroxyl groups excluding tert-OH is 2. The fourth-order valence-electron chi connectivity index (χ4n) is 10.7. The molecule has 2 atom stereocenters. The molecule has 0 aromatic heterocycles. The molecule has 1 amide bonds. The molecule has 0 rings (SSSR count). The first-order valence-corrected chi connectivity index (χ1v) is 34.2. The zero-order valence-corrected chi connectivity index (χ0v) is 51.3. The lowest BCUT2D eigenvalue weighted by Gasteiger charge is -2.22. The van der Waals surface area contributed by atoms with Gasteiger partial charge in [-0.15, -0.1) is 0 Å². The van der Waals surface area contributed by atoms with Crippen molar-refractivity contribution >= 4 is 11.9 Å². The van der Waals surface area contributed by atoms with E-state index in [1.165, 1.54) is 289 Å². The second-order valence-electron chi connectivity index (χ2n) is 23.5. The Bertz CT molecular complexity index is 1230. The van der Waals surface area contributed by atoms with Crippen molar-refractivity contribution < 1.29 is 24.5 Å². The van der Waals surface area contributed by atoms with E-state index in [-0.39, 0.29) is 18.5 Å². The van der Waals surface area contributed by atoms with Crippen LogP contribution in [0.15, 0.2) is 36.5 Å². The number of amides is 1. The van der Waals surface area contributed by atoms with Crippen LogP contribution in [0.1, 0.15) is 373 Å². The average molecular weight is 1070 g/mol. The maximum Gasteiger partial charge on any atom is 0.305 e. The van der Waals surface area contributed by atoms with Gasteiger partial charge in [-0.05, 0) is 83.5 Å². The van der Waals surface area contributed by atoms with Crippen molar-refractivity contribution in [1.29, 1.82) is 0 Å². The number of hydrogen-bond acceptors (Lipinski definition) is 5. The van der Waals surface area contributed by atoms with Crippen molar-refractivity contribution in [3.8, 4) is 0 Å². The summed E-state index contributed by atoms with van der Waals surface area (Å²) in [6.45, 7) is 4.96. The van der Waals surface area contributed by atoms with E-state index in [0.29, 0.717) is 25.9 Å². The molecule has 448 valence electrons. The van der Waals surface area contributed by atoms with Gasteiger partial charge in [0.2, 0.25) is 5.91 Å². The lowest BCUT2D eigenvalue weighted by Crippen LogP contribution is -2.45. The Morgan fingerprint density at radius 1 is 0.368 bits per heavy atom. The number of aliphatic hydroxyl groups is 2. The highest BCUT2D eigenvalue weighted by atomic mass is 16.5. The standard InChI is InChI=1S/C70H133NO5/c1-3-5-7-9-11-13-15-17-18-19-20-26-29-32-35-39-42-46-50-54-58-62-68(73)67(66-72)71-69(74)63-59-55-51-47-43-40-36-33-30-27-24-22-21-23-25-28-31-34-37-41-45-49-53-57-61-65-76-70(75)64-60-56-52-48-44-38-16-14-12-10-8-6-4-2/h14,16,22-25,67-68,72-73H,3-13,15,17-21,26-66H2,1-2H3,(H,71,74)/b16-14-,24-22-,25-23-. The van der Waals surface area contributed by atoms with E-state index in [4.69, 9.17) is 4.74 Å². The molecule has 0 aromatic carbocycles. The van der Waals surface area contributed by atoms with Gasteiger partial charge in [-0.1, -0.05) is 314 Å². The van der Waals surface area contributed by atoms with Crippen LogP contribution in [0.4, 0.5) is 0 Å². The van der Waals surface area contributed by atoms with Crippen LogP contribution in [0.5, 0.6) is 0 Å². The van der Waals surface area contributed by atoms with E-state index in [1.807, 2.05) is 0 Å². The Balaban J connectivity index is 3.44. The molecule has 0 radical (unpaired) electrons. The molecule has 0 aliphatic heterocycles. The summed E-state index contributed by atoms with van der Waals surface area (Å²) in [6.07, 6.45) is 83.2. The Morgan fingerprint density at radius 2 is 0.658 bits per heavy atom. The van der Waals surface area contributed by atoms with Gasteiger partial charge in [-0.25, -0.2) is 0 Å². The molecule has 0 heterocycles. The minimum Gasteiger partial charge on any atom is -0.466 e. The number of carbonyl (C=O) groups is 2. The zero-order valence-electron chi connectivity index (χ0n) is 51.3. The van der Waals surface area contributed by atoms with Crippen LogP contribution in [-0.2, 0) is 14.3 Å². The van der Waals surface area contributed by atoms with Crippen molar-refractivity contribution in [1.82, 2.24) is 5.32 Å². The summed E-state index contributed by atoms with van der Waals surface area (Å²) in [5, 5.41) is 23.4. The summed E-state index contributed by atoms with van der Waals surface area (Å²) in [7, 11) is 0. The maximum absolute atomic E-state index is 12.5. The van der Waals surface area contributed by atoms with E-state index in [1.54, 1.807) is 0 Å². The molecule has 6 nitrogen and oxygen atoms in total. The van der Waals surface area contributed by atoms with Crippen LogP contribution in [0.2, 0.25) is 0 Å². The molecule has 0 aliphatic rings. The van der Waals surface area contributed by atoms with Crippen LogP contribution in [0.3, 0.4) is 0 Å². The summed E-state index contributed by atoms with van der Waals surface area (Å²) in [4.78, 5) is 24.6. The van der Waals surface area contributed by atoms with Crippen molar-refractivity contribution in [2.75, 3.05) is 13.2 Å². The predicted octanol–water partition coefficient (Wildman–Crippen LogP) is 21.9. The number of allylic oxidation sites excluding steroid dienone is 6. The molecule has 0 aromatic rings. The van der Waals surface area contributed by atoms with E-state index in [0.717, 1.165) is 51.4 Å². The summed E-state index contributed by atoms with van der Waals surface area (Å²) in [6, 6.07) is -0.548. The summed E-state index contributed by atoms with van der Waals surface area (Å²) >= 11 is 0. The van der Waals surface area contributed by atoms with Crippen molar-refractivity contribution in [3.63, 3.8) is 0 Å². The molecule has 76 heavy (non-hydrogen) atoms. The van der Waals surface area contributed by atoms with E-state index < -0.39 is 12.1 Å². The molecule has 0 saturated carbocycles. The molecule has 2 unspecified atom stereocenters. The van der Waals surface area contributed by atoms with Gasteiger partial charge in [0, 0.05) is 12.8 Å². The first kappa shape index (κ1) is 74.1.